The first-order valence-electron chi connectivity index (χ1n) is 4.39. The van der Waals surface area contributed by atoms with Crippen LogP contribution in [0.4, 0.5) is 5.82 Å². The van der Waals surface area contributed by atoms with E-state index in [0.717, 1.165) is 19.4 Å². The summed E-state index contributed by atoms with van der Waals surface area (Å²) in [7, 11) is 0. The van der Waals surface area contributed by atoms with E-state index in [0.29, 0.717) is 10.8 Å². The summed E-state index contributed by atoms with van der Waals surface area (Å²) >= 11 is 5.78. The van der Waals surface area contributed by atoms with Gasteiger partial charge in [-0.05, 0) is 19.3 Å². The maximum atomic E-state index is 5.78. The van der Waals surface area contributed by atoms with Gasteiger partial charge in [-0.15, -0.1) is 0 Å². The van der Waals surface area contributed by atoms with Crippen LogP contribution in [0.2, 0.25) is 5.02 Å². The van der Waals surface area contributed by atoms with Gasteiger partial charge in [0.2, 0.25) is 0 Å². The number of hydrogen-bond donors (Lipinski definition) is 1. The molecule has 1 aliphatic rings. The Morgan fingerprint density at radius 3 is 3.00 bits per heavy atom. The highest BCUT2D eigenvalue weighted by atomic mass is 35.5. The number of halogens is 1. The van der Waals surface area contributed by atoms with Gasteiger partial charge in [-0.3, -0.25) is 0 Å². The van der Waals surface area contributed by atoms with Crippen LogP contribution in [0, 0.1) is 0 Å². The zero-order valence-corrected chi connectivity index (χ0v) is 8.00. The van der Waals surface area contributed by atoms with Gasteiger partial charge in [0.25, 0.3) is 0 Å². The van der Waals surface area contributed by atoms with Crippen molar-refractivity contribution >= 4 is 17.4 Å². The number of nitrogens with zero attached hydrogens (tertiary/aromatic N) is 2. The van der Waals surface area contributed by atoms with Crippen LogP contribution >= 0.6 is 11.6 Å². The molecule has 0 amide bonds. The molecule has 1 aliphatic heterocycles. The standard InChI is InChI=1S/C8H12ClN3O/c9-6-5-12(11-8(6)10)7-3-1-2-4-13-7/h5,7H,1-4H2,(H2,10,11). The molecule has 4 nitrogen and oxygen atoms in total. The zero-order valence-electron chi connectivity index (χ0n) is 7.24. The van der Waals surface area contributed by atoms with Crippen molar-refractivity contribution in [3.63, 3.8) is 0 Å². The van der Waals surface area contributed by atoms with Crippen LogP contribution in [0.5, 0.6) is 0 Å². The second kappa shape index (κ2) is 3.55. The van der Waals surface area contributed by atoms with Crippen LogP contribution in [-0.4, -0.2) is 16.4 Å². The van der Waals surface area contributed by atoms with E-state index in [1.54, 1.807) is 10.9 Å². The summed E-state index contributed by atoms with van der Waals surface area (Å²) in [5.41, 5.74) is 5.53. The van der Waals surface area contributed by atoms with Gasteiger partial charge in [0.15, 0.2) is 5.82 Å². The van der Waals surface area contributed by atoms with E-state index in [1.807, 2.05) is 0 Å². The molecule has 0 radical (unpaired) electrons. The van der Waals surface area contributed by atoms with Crippen molar-refractivity contribution in [1.82, 2.24) is 9.78 Å². The summed E-state index contributed by atoms with van der Waals surface area (Å²) in [4.78, 5) is 0. The van der Waals surface area contributed by atoms with E-state index in [-0.39, 0.29) is 6.23 Å². The summed E-state index contributed by atoms with van der Waals surface area (Å²) < 4.78 is 7.22. The first-order chi connectivity index (χ1) is 6.27. The second-order valence-corrected chi connectivity index (χ2v) is 3.57. The molecule has 1 atom stereocenters. The fourth-order valence-electron chi connectivity index (χ4n) is 1.46. The minimum atomic E-state index is 0.0172. The third kappa shape index (κ3) is 1.78. The second-order valence-electron chi connectivity index (χ2n) is 3.16. The van der Waals surface area contributed by atoms with Crippen molar-refractivity contribution in [2.24, 2.45) is 0 Å². The van der Waals surface area contributed by atoms with Gasteiger partial charge >= 0.3 is 0 Å². The van der Waals surface area contributed by atoms with Crippen LogP contribution < -0.4 is 5.73 Å². The largest absolute Gasteiger partial charge is 0.381 e. The highest BCUT2D eigenvalue weighted by Gasteiger charge is 2.17. The van der Waals surface area contributed by atoms with Crippen molar-refractivity contribution in [3.05, 3.63) is 11.2 Å². The lowest BCUT2D eigenvalue weighted by molar-refractivity contribution is -0.0393. The number of aromatic nitrogens is 2. The SMILES string of the molecule is Nc1nn(C2CCCCO2)cc1Cl. The molecule has 0 spiro atoms. The third-order valence-electron chi connectivity index (χ3n) is 2.16. The van der Waals surface area contributed by atoms with Gasteiger partial charge in [0.05, 0.1) is 0 Å². The topological polar surface area (TPSA) is 53.1 Å². The predicted octanol–water partition coefficient (Wildman–Crippen LogP) is 1.82. The van der Waals surface area contributed by atoms with Crippen LogP contribution in [0.3, 0.4) is 0 Å². The minimum absolute atomic E-state index is 0.0172. The van der Waals surface area contributed by atoms with Crippen LogP contribution in [0.15, 0.2) is 6.20 Å². The number of ether oxygens (including phenoxy) is 1. The minimum Gasteiger partial charge on any atom is -0.381 e. The first-order valence-corrected chi connectivity index (χ1v) is 4.77. The highest BCUT2D eigenvalue weighted by Crippen LogP contribution is 2.25. The lowest BCUT2D eigenvalue weighted by Crippen LogP contribution is -2.18. The monoisotopic (exact) mass is 201 g/mol. The molecule has 1 unspecified atom stereocenters. The molecule has 13 heavy (non-hydrogen) atoms. The summed E-state index contributed by atoms with van der Waals surface area (Å²) in [6, 6.07) is 0. The van der Waals surface area contributed by atoms with Crippen molar-refractivity contribution in [2.75, 3.05) is 12.3 Å². The number of hydrogen-bond acceptors (Lipinski definition) is 3. The van der Waals surface area contributed by atoms with E-state index in [9.17, 15) is 0 Å². The van der Waals surface area contributed by atoms with Crippen molar-refractivity contribution < 1.29 is 4.74 Å². The zero-order chi connectivity index (χ0) is 9.26. The fraction of sp³-hybridized carbons (Fsp3) is 0.625. The summed E-state index contributed by atoms with van der Waals surface area (Å²) in [5, 5.41) is 4.57. The maximum absolute atomic E-state index is 5.78. The molecular weight excluding hydrogens is 190 g/mol. The smallest absolute Gasteiger partial charge is 0.164 e. The van der Waals surface area contributed by atoms with Crippen molar-refractivity contribution in [2.45, 2.75) is 25.5 Å². The molecule has 0 saturated carbocycles. The first kappa shape index (κ1) is 8.84. The Morgan fingerprint density at radius 1 is 1.62 bits per heavy atom. The Morgan fingerprint density at radius 2 is 2.46 bits per heavy atom. The molecule has 2 rings (SSSR count). The summed E-state index contributed by atoms with van der Waals surface area (Å²) in [5.74, 6) is 0.371. The Kier molecular flexibility index (Phi) is 2.42. The van der Waals surface area contributed by atoms with Crippen LogP contribution in [0.25, 0.3) is 0 Å². The molecule has 0 aromatic carbocycles. The average Bonchev–Trinajstić information content (AvgIpc) is 2.49. The average molecular weight is 202 g/mol. The molecule has 1 aromatic heterocycles. The Balaban J connectivity index is 2.14. The molecular formula is C8H12ClN3O. The molecule has 2 N–H and O–H groups in total. The normalized spacial score (nSPS) is 23.3. The van der Waals surface area contributed by atoms with Gasteiger partial charge in [-0.2, -0.15) is 5.10 Å². The molecule has 5 heteroatoms. The lowest BCUT2D eigenvalue weighted by Gasteiger charge is -2.22. The fourth-order valence-corrected chi connectivity index (χ4v) is 1.60. The maximum Gasteiger partial charge on any atom is 0.164 e. The van der Waals surface area contributed by atoms with E-state index < -0.39 is 0 Å². The molecule has 1 aromatic rings. The number of nitrogen functional groups attached to an aromatic ring is 1. The summed E-state index contributed by atoms with van der Waals surface area (Å²) in [6.45, 7) is 0.794. The van der Waals surface area contributed by atoms with E-state index >= 15 is 0 Å². The molecule has 2 heterocycles. The number of rotatable bonds is 1. The highest BCUT2D eigenvalue weighted by molar-refractivity contribution is 6.32. The van der Waals surface area contributed by atoms with Crippen molar-refractivity contribution in [1.29, 1.82) is 0 Å². The van der Waals surface area contributed by atoms with Gasteiger partial charge < -0.3 is 10.5 Å². The summed E-state index contributed by atoms with van der Waals surface area (Å²) in [6.07, 6.45) is 5.01. The Bertz CT molecular complexity index is 274. The number of nitrogens with two attached hydrogens (primary N) is 1. The van der Waals surface area contributed by atoms with Gasteiger partial charge in [-0.1, -0.05) is 11.6 Å². The van der Waals surface area contributed by atoms with Gasteiger partial charge in [0.1, 0.15) is 11.3 Å². The quantitative estimate of drug-likeness (QED) is 0.754. The number of anilines is 1. The Hall–Kier alpha value is -0.740. The molecule has 0 bridgehead atoms. The third-order valence-corrected chi connectivity index (χ3v) is 2.46. The van der Waals surface area contributed by atoms with E-state index in [4.69, 9.17) is 22.1 Å². The van der Waals surface area contributed by atoms with Crippen molar-refractivity contribution in [3.8, 4) is 0 Å². The van der Waals surface area contributed by atoms with Crippen LogP contribution in [0.1, 0.15) is 25.5 Å². The molecule has 1 saturated heterocycles. The van der Waals surface area contributed by atoms with Crippen LogP contribution in [-0.2, 0) is 4.74 Å². The van der Waals surface area contributed by atoms with E-state index in [2.05, 4.69) is 5.10 Å². The van der Waals surface area contributed by atoms with E-state index in [1.165, 1.54) is 6.42 Å². The Labute approximate surface area is 81.6 Å². The molecule has 72 valence electrons. The predicted molar refractivity (Wildman–Crippen MR) is 50.5 cm³/mol. The van der Waals surface area contributed by atoms with Gasteiger partial charge in [-0.25, -0.2) is 4.68 Å². The molecule has 0 aliphatic carbocycles. The van der Waals surface area contributed by atoms with Gasteiger partial charge in [0, 0.05) is 12.8 Å². The molecule has 1 fully saturated rings. The lowest BCUT2D eigenvalue weighted by atomic mass is 10.2.